The van der Waals surface area contributed by atoms with Crippen molar-refractivity contribution in [3.8, 4) is 0 Å². The highest BCUT2D eigenvalue weighted by molar-refractivity contribution is 7.15. The van der Waals surface area contributed by atoms with E-state index in [-0.39, 0.29) is 12.0 Å². The molecule has 0 aliphatic rings. The number of nitrogens with zero attached hydrogens (tertiary/aromatic N) is 3. The van der Waals surface area contributed by atoms with Gasteiger partial charge in [0.05, 0.1) is 6.54 Å². The quantitative estimate of drug-likeness (QED) is 0.927. The zero-order valence-electron chi connectivity index (χ0n) is 11.7. The largest absolute Gasteiger partial charge is 0.406 e. The van der Waals surface area contributed by atoms with Gasteiger partial charge in [0.1, 0.15) is 11.6 Å². The first-order valence-corrected chi connectivity index (χ1v) is 6.69. The van der Waals surface area contributed by atoms with Gasteiger partial charge in [0.25, 0.3) is 0 Å². The lowest BCUT2D eigenvalue weighted by Gasteiger charge is -2.18. The minimum Gasteiger partial charge on any atom is -0.351 e. The maximum atomic E-state index is 12.1. The van der Waals surface area contributed by atoms with Crippen LogP contribution in [-0.4, -0.2) is 47.3 Å². The minimum absolute atomic E-state index is 0.158. The van der Waals surface area contributed by atoms with Crippen molar-refractivity contribution in [2.24, 2.45) is 0 Å². The van der Waals surface area contributed by atoms with Gasteiger partial charge in [0.2, 0.25) is 11.0 Å². The van der Waals surface area contributed by atoms with E-state index in [9.17, 15) is 18.0 Å². The smallest absolute Gasteiger partial charge is 0.351 e. The van der Waals surface area contributed by atoms with Crippen LogP contribution in [0, 0.1) is 0 Å². The van der Waals surface area contributed by atoms with Crippen molar-refractivity contribution in [2.45, 2.75) is 32.4 Å². The molecule has 0 aromatic carbocycles. The molecule has 1 N–H and O–H groups in total. The normalized spacial score (nSPS) is 12.3. The molecule has 0 bridgehead atoms. The van der Waals surface area contributed by atoms with Gasteiger partial charge in [-0.05, 0) is 0 Å². The highest BCUT2D eigenvalue weighted by Gasteiger charge is 2.31. The number of hydrogen-bond donors (Lipinski definition) is 1. The zero-order chi connectivity index (χ0) is 15.6. The molecule has 0 atom stereocenters. The van der Waals surface area contributed by atoms with Crippen LogP contribution < -0.4 is 5.32 Å². The van der Waals surface area contributed by atoms with E-state index in [1.165, 1.54) is 11.3 Å². The molecule has 0 spiro atoms. The molecule has 1 rings (SSSR count). The molecule has 0 unspecified atom stereocenters. The Balaban J connectivity index is 2.51. The van der Waals surface area contributed by atoms with Crippen LogP contribution in [-0.2, 0) is 10.2 Å². The molecule has 20 heavy (non-hydrogen) atoms. The summed E-state index contributed by atoms with van der Waals surface area (Å²) in [7, 11) is 1.11. The van der Waals surface area contributed by atoms with Gasteiger partial charge in [-0.2, -0.15) is 13.2 Å². The lowest BCUT2D eigenvalue weighted by Crippen LogP contribution is -2.38. The first kappa shape index (κ1) is 16.7. The summed E-state index contributed by atoms with van der Waals surface area (Å²) >= 11 is 1.28. The molecule has 1 aromatic heterocycles. The Bertz CT molecular complexity index is 467. The number of aromatic nitrogens is 2. The lowest BCUT2D eigenvalue weighted by molar-refractivity contribution is -0.157. The third-order valence-corrected chi connectivity index (χ3v) is 3.61. The van der Waals surface area contributed by atoms with Crippen molar-refractivity contribution in [2.75, 3.05) is 25.5 Å². The van der Waals surface area contributed by atoms with Gasteiger partial charge in [-0.3, -0.25) is 4.79 Å². The van der Waals surface area contributed by atoms with Crippen LogP contribution in [0.15, 0.2) is 0 Å². The first-order chi connectivity index (χ1) is 8.99. The Labute approximate surface area is 119 Å². The second kappa shape index (κ2) is 5.94. The molecule has 9 heteroatoms. The van der Waals surface area contributed by atoms with E-state index in [0.717, 1.165) is 12.1 Å². The molecule has 1 heterocycles. The van der Waals surface area contributed by atoms with Crippen LogP contribution in [0.4, 0.5) is 18.3 Å². The van der Waals surface area contributed by atoms with Crippen LogP contribution in [0.25, 0.3) is 0 Å². The Morgan fingerprint density at radius 1 is 1.30 bits per heavy atom. The number of alkyl halides is 3. The van der Waals surface area contributed by atoms with Crippen molar-refractivity contribution in [3.63, 3.8) is 0 Å². The third kappa shape index (κ3) is 5.32. The van der Waals surface area contributed by atoms with E-state index in [1.54, 1.807) is 0 Å². The second-order valence-electron chi connectivity index (χ2n) is 5.38. The summed E-state index contributed by atoms with van der Waals surface area (Å²) in [5.41, 5.74) is -0.158. The first-order valence-electron chi connectivity index (χ1n) is 5.87. The highest BCUT2D eigenvalue weighted by Crippen LogP contribution is 2.27. The number of nitrogens with one attached hydrogen (secondary N) is 1. The van der Waals surface area contributed by atoms with Gasteiger partial charge in [-0.15, -0.1) is 10.2 Å². The molecular weight excluding hydrogens is 293 g/mol. The van der Waals surface area contributed by atoms with Gasteiger partial charge in [0.15, 0.2) is 0 Å². The third-order valence-electron chi connectivity index (χ3n) is 2.30. The number of likely N-dealkylation sites (N-methyl/N-ethyl adjacent to an activating group) is 1. The number of carbonyl (C=O) groups is 1. The van der Waals surface area contributed by atoms with Crippen LogP contribution in [0.5, 0.6) is 0 Å². The van der Waals surface area contributed by atoms with E-state index in [0.29, 0.717) is 10.0 Å². The fourth-order valence-electron chi connectivity index (χ4n) is 1.24. The fraction of sp³-hybridized carbons (Fsp3) is 0.727. The molecule has 1 amide bonds. The van der Waals surface area contributed by atoms with Gasteiger partial charge in [-0.1, -0.05) is 32.1 Å². The average Bonchev–Trinajstić information content (AvgIpc) is 2.71. The van der Waals surface area contributed by atoms with Crippen molar-refractivity contribution >= 4 is 22.4 Å². The van der Waals surface area contributed by atoms with E-state index in [4.69, 9.17) is 0 Å². The molecule has 0 aliphatic heterocycles. The SMILES string of the molecule is CN(CC(F)(F)F)C(=O)CNc1nnc(C(C)(C)C)s1. The maximum Gasteiger partial charge on any atom is 0.406 e. The molecule has 5 nitrogen and oxygen atoms in total. The summed E-state index contributed by atoms with van der Waals surface area (Å²) in [5, 5.41) is 11.7. The van der Waals surface area contributed by atoms with Gasteiger partial charge >= 0.3 is 6.18 Å². The van der Waals surface area contributed by atoms with E-state index in [1.807, 2.05) is 20.8 Å². The molecule has 0 saturated carbocycles. The van der Waals surface area contributed by atoms with Crippen molar-refractivity contribution in [1.82, 2.24) is 15.1 Å². The van der Waals surface area contributed by atoms with E-state index in [2.05, 4.69) is 15.5 Å². The summed E-state index contributed by atoms with van der Waals surface area (Å²) in [6.45, 7) is 4.40. The fourth-order valence-corrected chi connectivity index (χ4v) is 2.04. The molecule has 0 radical (unpaired) electrons. The van der Waals surface area contributed by atoms with Gasteiger partial charge < -0.3 is 10.2 Å². The molecule has 0 fully saturated rings. The minimum atomic E-state index is -4.40. The summed E-state index contributed by atoms with van der Waals surface area (Å²) in [5.74, 6) is -0.658. The molecule has 114 valence electrons. The number of hydrogen-bond acceptors (Lipinski definition) is 5. The van der Waals surface area contributed by atoms with Gasteiger partial charge in [-0.25, -0.2) is 0 Å². The number of anilines is 1. The summed E-state index contributed by atoms with van der Waals surface area (Å²) in [4.78, 5) is 12.1. The van der Waals surface area contributed by atoms with Crippen molar-refractivity contribution in [1.29, 1.82) is 0 Å². The number of carbonyl (C=O) groups excluding carboxylic acids is 1. The van der Waals surface area contributed by atoms with Crippen LogP contribution in [0.2, 0.25) is 0 Å². The van der Waals surface area contributed by atoms with Crippen molar-refractivity contribution in [3.05, 3.63) is 5.01 Å². The summed E-state index contributed by atoms with van der Waals surface area (Å²) in [6, 6.07) is 0. The number of amides is 1. The average molecular weight is 310 g/mol. The molecule has 1 aromatic rings. The van der Waals surface area contributed by atoms with Crippen LogP contribution >= 0.6 is 11.3 Å². The Kier molecular flexibility index (Phi) is 4.95. The number of halogens is 3. The topological polar surface area (TPSA) is 58.1 Å². The standard InChI is InChI=1S/C11H17F3N4OS/c1-10(2,3)8-16-17-9(20-8)15-5-7(19)18(4)6-11(12,13)14/h5-6H2,1-4H3,(H,15,17). The van der Waals surface area contributed by atoms with Crippen LogP contribution in [0.1, 0.15) is 25.8 Å². The Morgan fingerprint density at radius 3 is 2.35 bits per heavy atom. The van der Waals surface area contributed by atoms with E-state index < -0.39 is 18.6 Å². The highest BCUT2D eigenvalue weighted by atomic mass is 32.1. The summed E-state index contributed by atoms with van der Waals surface area (Å²) in [6.07, 6.45) is -4.40. The monoisotopic (exact) mass is 310 g/mol. The Morgan fingerprint density at radius 2 is 1.90 bits per heavy atom. The predicted octanol–water partition coefficient (Wildman–Crippen LogP) is 2.27. The lowest BCUT2D eigenvalue weighted by atomic mass is 9.98. The second-order valence-corrected chi connectivity index (χ2v) is 6.36. The molecule has 0 saturated heterocycles. The van der Waals surface area contributed by atoms with E-state index >= 15 is 0 Å². The molecular formula is C11H17F3N4OS. The number of rotatable bonds is 4. The van der Waals surface area contributed by atoms with Gasteiger partial charge in [0, 0.05) is 12.5 Å². The predicted molar refractivity (Wildman–Crippen MR) is 70.8 cm³/mol. The molecule has 0 aliphatic carbocycles. The Hall–Kier alpha value is -1.38. The van der Waals surface area contributed by atoms with Crippen LogP contribution in [0.3, 0.4) is 0 Å². The zero-order valence-corrected chi connectivity index (χ0v) is 12.5. The maximum absolute atomic E-state index is 12.1. The van der Waals surface area contributed by atoms with Crippen molar-refractivity contribution < 1.29 is 18.0 Å². The summed E-state index contributed by atoms with van der Waals surface area (Å²) < 4.78 is 36.4.